The summed E-state index contributed by atoms with van der Waals surface area (Å²) >= 11 is 13.0. The van der Waals surface area contributed by atoms with E-state index in [0.717, 1.165) is 55.4 Å². The minimum atomic E-state index is -0.889. The van der Waals surface area contributed by atoms with Crippen molar-refractivity contribution in [1.82, 2.24) is 5.48 Å². The minimum Gasteiger partial charge on any atom is -0.478 e. The van der Waals surface area contributed by atoms with Crippen LogP contribution in [0.15, 0.2) is 53.8 Å². The van der Waals surface area contributed by atoms with Crippen molar-refractivity contribution in [3.8, 4) is 0 Å². The van der Waals surface area contributed by atoms with Gasteiger partial charge in [0.05, 0.1) is 24.3 Å². The average Bonchev–Trinajstić information content (AvgIpc) is 3.58. The zero-order valence-corrected chi connectivity index (χ0v) is 19.7. The number of halogens is 2. The van der Waals surface area contributed by atoms with E-state index in [1.165, 1.54) is 5.56 Å². The predicted octanol–water partition coefficient (Wildman–Crippen LogP) is 6.67. The van der Waals surface area contributed by atoms with Crippen molar-refractivity contribution in [3.63, 3.8) is 0 Å². The van der Waals surface area contributed by atoms with E-state index in [-0.39, 0.29) is 12.1 Å². The van der Waals surface area contributed by atoms with Crippen LogP contribution in [0.4, 0.5) is 0 Å². The highest BCUT2D eigenvalue weighted by Crippen LogP contribution is 2.46. The molecular weight excluding hydrogens is 461 g/mol. The molecule has 2 aromatic rings. The molecule has 2 N–H and O–H groups in total. The second-order valence-electron chi connectivity index (χ2n) is 9.16. The molecule has 5 nitrogen and oxygen atoms in total. The Bertz CT molecular complexity index is 1040. The van der Waals surface area contributed by atoms with Gasteiger partial charge in [0, 0.05) is 27.1 Å². The molecule has 7 heteroatoms. The fourth-order valence-corrected chi connectivity index (χ4v) is 5.55. The number of benzene rings is 2. The van der Waals surface area contributed by atoms with Crippen LogP contribution in [0.1, 0.15) is 72.0 Å². The largest absolute Gasteiger partial charge is 0.478 e. The lowest BCUT2D eigenvalue weighted by Crippen LogP contribution is -2.24. The van der Waals surface area contributed by atoms with Crippen molar-refractivity contribution in [3.05, 3.63) is 80.5 Å². The molecule has 0 amide bonds. The minimum absolute atomic E-state index is 0.190. The van der Waals surface area contributed by atoms with Crippen LogP contribution in [0.2, 0.25) is 10.0 Å². The van der Waals surface area contributed by atoms with Crippen LogP contribution in [0.25, 0.3) is 0 Å². The van der Waals surface area contributed by atoms with E-state index in [4.69, 9.17) is 37.9 Å². The number of nitrogens with one attached hydrogen (secondary N) is 1. The lowest BCUT2D eigenvalue weighted by molar-refractivity contribution is 0.0364. The van der Waals surface area contributed by atoms with Gasteiger partial charge < -0.3 is 14.7 Å². The number of carboxylic acids is 1. The van der Waals surface area contributed by atoms with E-state index in [1.54, 1.807) is 12.1 Å². The highest BCUT2D eigenvalue weighted by Gasteiger charge is 2.39. The summed E-state index contributed by atoms with van der Waals surface area (Å²) in [4.78, 5) is 17.0. The average molecular weight is 488 g/mol. The summed E-state index contributed by atoms with van der Waals surface area (Å²) in [5.41, 5.74) is 6.61. The van der Waals surface area contributed by atoms with E-state index in [2.05, 4.69) is 5.48 Å². The molecule has 33 heavy (non-hydrogen) atoms. The molecule has 1 atom stereocenters. The Balaban J connectivity index is 1.23. The number of hydrogen-bond acceptors (Lipinski definition) is 4. The third kappa shape index (κ3) is 4.92. The van der Waals surface area contributed by atoms with E-state index in [0.29, 0.717) is 34.1 Å². The van der Waals surface area contributed by atoms with Gasteiger partial charge >= 0.3 is 5.97 Å². The summed E-state index contributed by atoms with van der Waals surface area (Å²) in [7, 11) is 0. The monoisotopic (exact) mass is 487 g/mol. The molecule has 1 aliphatic heterocycles. The Hall–Kier alpha value is -2.05. The van der Waals surface area contributed by atoms with Gasteiger partial charge in [-0.3, -0.25) is 0 Å². The number of hydrogen-bond donors (Lipinski definition) is 2. The van der Waals surface area contributed by atoms with Gasteiger partial charge in [0.1, 0.15) is 5.76 Å². The Labute approximate surface area is 203 Å². The maximum absolute atomic E-state index is 11.1. The van der Waals surface area contributed by atoms with Crippen LogP contribution in [-0.4, -0.2) is 23.8 Å². The lowest BCUT2D eigenvalue weighted by atomic mass is 9.82. The predicted molar refractivity (Wildman–Crippen MR) is 128 cm³/mol. The van der Waals surface area contributed by atoms with Gasteiger partial charge in [-0.1, -0.05) is 41.4 Å². The number of allylic oxidation sites excluding steroid dienone is 1. The van der Waals surface area contributed by atoms with Crippen molar-refractivity contribution in [2.24, 2.45) is 5.92 Å². The van der Waals surface area contributed by atoms with Gasteiger partial charge in [-0.25, -0.2) is 4.79 Å². The van der Waals surface area contributed by atoms with Gasteiger partial charge in [0.15, 0.2) is 0 Å². The number of ether oxygens (including phenoxy) is 1. The molecule has 2 saturated carbocycles. The van der Waals surface area contributed by atoms with Crippen LogP contribution in [0.5, 0.6) is 0 Å². The Morgan fingerprint density at radius 1 is 0.970 bits per heavy atom. The maximum Gasteiger partial charge on any atom is 0.335 e. The number of carboxylic acid groups (broad SMARTS) is 1. The first-order valence-electron chi connectivity index (χ1n) is 11.6. The van der Waals surface area contributed by atoms with E-state index in [1.807, 2.05) is 30.3 Å². The fraction of sp³-hybridized carbons (Fsp3) is 0.423. The molecule has 2 aliphatic carbocycles. The number of rotatable bonds is 7. The Morgan fingerprint density at radius 2 is 1.61 bits per heavy atom. The first-order valence-corrected chi connectivity index (χ1v) is 12.3. The van der Waals surface area contributed by atoms with Gasteiger partial charge in [-0.2, -0.15) is 0 Å². The summed E-state index contributed by atoms with van der Waals surface area (Å²) in [6, 6.07) is 12.6. The van der Waals surface area contributed by atoms with E-state index < -0.39 is 5.97 Å². The zero-order chi connectivity index (χ0) is 22.9. The van der Waals surface area contributed by atoms with E-state index >= 15 is 0 Å². The Morgan fingerprint density at radius 3 is 2.21 bits per heavy atom. The third-order valence-electron chi connectivity index (χ3n) is 6.97. The summed E-state index contributed by atoms with van der Waals surface area (Å²) < 4.78 is 6.40. The SMILES string of the molecule is O=C(O)c1ccc(C2CCC(OCC3=C(C4CC4)ONC3c3c(Cl)cccc3Cl)CC2)cc1. The standard InChI is InChI=1S/C26H27Cl2NO4/c27-21-2-1-3-22(28)23(21)24-20(25(33-29-24)17-6-7-17)14-32-19-12-10-16(11-13-19)15-4-8-18(9-5-15)26(30)31/h1-5,8-9,16-17,19,24,29H,6-7,10-14H2,(H,30,31). The lowest BCUT2D eigenvalue weighted by Gasteiger charge is -2.29. The second-order valence-corrected chi connectivity index (χ2v) is 9.98. The molecule has 174 valence electrons. The van der Waals surface area contributed by atoms with Crippen molar-refractivity contribution >= 4 is 29.2 Å². The molecule has 1 unspecified atom stereocenters. The Kier molecular flexibility index (Phi) is 6.66. The first-order chi connectivity index (χ1) is 16.0. The van der Waals surface area contributed by atoms with Crippen molar-refractivity contribution < 1.29 is 19.5 Å². The van der Waals surface area contributed by atoms with Gasteiger partial charge in [-0.15, -0.1) is 5.48 Å². The highest BCUT2D eigenvalue weighted by molar-refractivity contribution is 6.36. The summed E-state index contributed by atoms with van der Waals surface area (Å²) in [6.07, 6.45) is 6.47. The molecule has 0 saturated heterocycles. The first kappa shape index (κ1) is 22.7. The van der Waals surface area contributed by atoms with Gasteiger partial charge in [-0.05, 0) is 74.3 Å². The van der Waals surface area contributed by atoms with Crippen molar-refractivity contribution in [2.45, 2.75) is 56.6 Å². The van der Waals surface area contributed by atoms with Gasteiger partial charge in [0.25, 0.3) is 0 Å². The van der Waals surface area contributed by atoms with Crippen LogP contribution >= 0.6 is 23.2 Å². The van der Waals surface area contributed by atoms with Crippen LogP contribution in [0.3, 0.4) is 0 Å². The molecule has 0 bridgehead atoms. The highest BCUT2D eigenvalue weighted by atomic mass is 35.5. The topological polar surface area (TPSA) is 67.8 Å². The second kappa shape index (κ2) is 9.67. The summed E-state index contributed by atoms with van der Waals surface area (Å²) in [5.74, 6) is 0.996. The quantitative estimate of drug-likeness (QED) is 0.456. The molecule has 1 heterocycles. The zero-order valence-electron chi connectivity index (χ0n) is 18.2. The molecule has 5 rings (SSSR count). The van der Waals surface area contributed by atoms with Crippen molar-refractivity contribution in [1.29, 1.82) is 0 Å². The smallest absolute Gasteiger partial charge is 0.335 e. The number of hydroxylamine groups is 1. The molecule has 3 aliphatic rings. The van der Waals surface area contributed by atoms with Crippen LogP contribution < -0.4 is 5.48 Å². The van der Waals surface area contributed by atoms with Crippen LogP contribution in [-0.2, 0) is 9.57 Å². The molecule has 2 aromatic carbocycles. The van der Waals surface area contributed by atoms with Crippen LogP contribution in [0, 0.1) is 5.92 Å². The third-order valence-corrected chi connectivity index (χ3v) is 7.63. The number of aromatic carboxylic acids is 1. The van der Waals surface area contributed by atoms with E-state index in [9.17, 15) is 4.79 Å². The van der Waals surface area contributed by atoms with Gasteiger partial charge in [0.2, 0.25) is 0 Å². The maximum atomic E-state index is 11.1. The summed E-state index contributed by atoms with van der Waals surface area (Å²) in [5, 5.41) is 10.3. The molecule has 2 fully saturated rings. The summed E-state index contributed by atoms with van der Waals surface area (Å²) in [6.45, 7) is 0.494. The molecular formula is C26H27Cl2NO4. The molecule has 0 aromatic heterocycles. The van der Waals surface area contributed by atoms with Crippen molar-refractivity contribution in [2.75, 3.05) is 6.61 Å². The number of carbonyl (C=O) groups is 1. The fourth-order valence-electron chi connectivity index (χ4n) is 4.93. The molecule has 0 radical (unpaired) electrons. The molecule has 0 spiro atoms. The normalized spacial score (nSPS) is 25.2.